The average molecular weight is 432 g/mol. The Morgan fingerprint density at radius 3 is 2.22 bits per heavy atom. The average Bonchev–Trinajstić information content (AvgIpc) is 2.81. The summed E-state index contributed by atoms with van der Waals surface area (Å²) in [6, 6.07) is 22.1. The zero-order valence-electron chi connectivity index (χ0n) is 18.4. The molecule has 0 heterocycles. The molecule has 0 aliphatic heterocycles. The summed E-state index contributed by atoms with van der Waals surface area (Å²) in [5.74, 6) is -1.01. The van der Waals surface area contributed by atoms with Gasteiger partial charge in [0.05, 0.1) is 0 Å². The molecule has 0 bridgehead atoms. The van der Waals surface area contributed by atoms with Crippen molar-refractivity contribution < 1.29 is 19.8 Å². The highest BCUT2D eigenvalue weighted by atomic mass is 16.4. The summed E-state index contributed by atoms with van der Waals surface area (Å²) in [5.41, 5.74) is 3.11. The predicted octanol–water partition coefficient (Wildman–Crippen LogP) is 6.42. The molecule has 3 aromatic carbocycles. The first kappa shape index (κ1) is 23.1. The summed E-state index contributed by atoms with van der Waals surface area (Å²) >= 11 is 0. The van der Waals surface area contributed by atoms with Crippen molar-refractivity contribution in [3.8, 4) is 5.75 Å². The molecule has 3 rings (SSSR count). The Kier molecular flexibility index (Phi) is 7.66. The smallest absolute Gasteiger partial charge is 0.339 e. The minimum absolute atomic E-state index is 0.257. The molecule has 5 heteroatoms. The van der Waals surface area contributed by atoms with Crippen molar-refractivity contribution in [1.82, 2.24) is 0 Å². The first-order chi connectivity index (χ1) is 15.4. The summed E-state index contributed by atoms with van der Waals surface area (Å²) in [5, 5.41) is 21.4. The van der Waals surface area contributed by atoms with Gasteiger partial charge in [-0.2, -0.15) is 0 Å². The van der Waals surface area contributed by atoms with Gasteiger partial charge in [-0.1, -0.05) is 56.3 Å². The van der Waals surface area contributed by atoms with Gasteiger partial charge in [0.1, 0.15) is 11.3 Å². The van der Waals surface area contributed by atoms with Crippen LogP contribution in [0.5, 0.6) is 5.75 Å². The normalized spacial score (nSPS) is 12.7. The fraction of sp³-hybridized carbons (Fsp3) is 0.259. The topological polar surface area (TPSA) is 86.6 Å². The predicted molar refractivity (Wildman–Crippen MR) is 127 cm³/mol. The van der Waals surface area contributed by atoms with Crippen molar-refractivity contribution in [1.29, 1.82) is 0 Å². The molecule has 2 unspecified atom stereocenters. The van der Waals surface area contributed by atoms with Crippen molar-refractivity contribution >= 4 is 17.6 Å². The summed E-state index contributed by atoms with van der Waals surface area (Å²) in [6.45, 7) is 4.43. The van der Waals surface area contributed by atoms with Crippen LogP contribution in [0.3, 0.4) is 0 Å². The van der Waals surface area contributed by atoms with Gasteiger partial charge in [0, 0.05) is 11.3 Å². The maximum absolute atomic E-state index is 12.6. The lowest BCUT2D eigenvalue weighted by molar-refractivity contribution is 0.0693. The largest absolute Gasteiger partial charge is 0.507 e. The molecule has 1 amide bonds. The van der Waals surface area contributed by atoms with Gasteiger partial charge in [-0.05, 0) is 72.6 Å². The molecule has 0 saturated carbocycles. The lowest BCUT2D eigenvalue weighted by Crippen LogP contribution is -2.12. The number of phenols is 1. The lowest BCUT2D eigenvalue weighted by Gasteiger charge is -2.19. The zero-order valence-corrected chi connectivity index (χ0v) is 18.4. The molecule has 0 aliphatic rings. The van der Waals surface area contributed by atoms with Gasteiger partial charge in [0.15, 0.2) is 0 Å². The SMILES string of the molecule is CCC(CCC(C)c1ccc(C(=O)Nc2ccc(O)c(C(=O)O)c2)cc1)c1ccccc1. The second-order valence-electron chi connectivity index (χ2n) is 8.11. The van der Waals surface area contributed by atoms with Gasteiger partial charge in [-0.15, -0.1) is 0 Å². The number of hydrogen-bond acceptors (Lipinski definition) is 3. The van der Waals surface area contributed by atoms with Crippen LogP contribution in [0.15, 0.2) is 72.8 Å². The van der Waals surface area contributed by atoms with E-state index in [1.165, 1.54) is 29.3 Å². The number of rotatable bonds is 9. The lowest BCUT2D eigenvalue weighted by atomic mass is 9.86. The number of carboxylic acid groups (broad SMARTS) is 1. The van der Waals surface area contributed by atoms with Crippen LogP contribution < -0.4 is 5.32 Å². The number of nitrogens with one attached hydrogen (secondary N) is 1. The molecular formula is C27H29NO4. The minimum atomic E-state index is -1.26. The molecular weight excluding hydrogens is 402 g/mol. The Morgan fingerprint density at radius 1 is 0.906 bits per heavy atom. The van der Waals surface area contributed by atoms with E-state index in [0.717, 1.165) is 19.3 Å². The maximum Gasteiger partial charge on any atom is 0.339 e. The van der Waals surface area contributed by atoms with E-state index in [9.17, 15) is 14.7 Å². The number of anilines is 1. The first-order valence-electron chi connectivity index (χ1n) is 10.9. The zero-order chi connectivity index (χ0) is 23.1. The standard InChI is InChI=1S/C27H29NO4/c1-3-19(21-7-5-4-6-8-21)10-9-18(2)20-11-13-22(14-12-20)26(30)28-23-15-16-25(29)24(17-23)27(31)32/h4-8,11-19,29H,3,9-10H2,1-2H3,(H,28,30)(H,31,32). The van der Waals surface area contributed by atoms with Crippen molar-refractivity contribution in [2.24, 2.45) is 0 Å². The molecule has 166 valence electrons. The Balaban J connectivity index is 1.61. The second-order valence-corrected chi connectivity index (χ2v) is 8.11. The van der Waals surface area contributed by atoms with E-state index in [0.29, 0.717) is 23.1 Å². The number of aromatic carboxylic acids is 1. The van der Waals surface area contributed by atoms with E-state index >= 15 is 0 Å². The number of hydrogen-bond donors (Lipinski definition) is 3. The van der Waals surface area contributed by atoms with Crippen LogP contribution in [0.1, 0.15) is 76.8 Å². The monoisotopic (exact) mass is 431 g/mol. The maximum atomic E-state index is 12.6. The highest BCUT2D eigenvalue weighted by molar-refractivity contribution is 6.05. The number of carbonyl (C=O) groups is 2. The molecule has 3 aromatic rings. The van der Waals surface area contributed by atoms with Crippen molar-refractivity contribution in [3.63, 3.8) is 0 Å². The summed E-state index contributed by atoms with van der Waals surface area (Å²) < 4.78 is 0. The fourth-order valence-electron chi connectivity index (χ4n) is 3.90. The molecule has 0 spiro atoms. The first-order valence-corrected chi connectivity index (χ1v) is 10.9. The van der Waals surface area contributed by atoms with Crippen LogP contribution in [-0.2, 0) is 0 Å². The molecule has 0 aliphatic carbocycles. The highest BCUT2D eigenvalue weighted by Gasteiger charge is 2.15. The van der Waals surface area contributed by atoms with E-state index in [4.69, 9.17) is 5.11 Å². The van der Waals surface area contributed by atoms with Gasteiger partial charge >= 0.3 is 5.97 Å². The molecule has 0 aromatic heterocycles. The van der Waals surface area contributed by atoms with Gasteiger partial charge < -0.3 is 15.5 Å². The van der Waals surface area contributed by atoms with Crippen LogP contribution >= 0.6 is 0 Å². The van der Waals surface area contributed by atoms with Crippen LogP contribution in [0.4, 0.5) is 5.69 Å². The van der Waals surface area contributed by atoms with E-state index in [1.807, 2.05) is 18.2 Å². The summed E-state index contributed by atoms with van der Waals surface area (Å²) in [6.07, 6.45) is 3.28. The third-order valence-corrected chi connectivity index (χ3v) is 5.94. The van der Waals surface area contributed by atoms with E-state index < -0.39 is 5.97 Å². The van der Waals surface area contributed by atoms with Crippen molar-refractivity contribution in [2.75, 3.05) is 5.32 Å². The minimum Gasteiger partial charge on any atom is -0.507 e. The van der Waals surface area contributed by atoms with Gasteiger partial charge in [0.2, 0.25) is 0 Å². The number of amides is 1. The number of benzene rings is 3. The Bertz CT molecular complexity index is 1060. The molecule has 3 N–H and O–H groups in total. The van der Waals surface area contributed by atoms with Gasteiger partial charge in [-0.3, -0.25) is 4.79 Å². The number of carbonyl (C=O) groups excluding carboxylic acids is 1. The highest BCUT2D eigenvalue weighted by Crippen LogP contribution is 2.30. The van der Waals surface area contributed by atoms with Gasteiger partial charge in [0.25, 0.3) is 5.91 Å². The van der Waals surface area contributed by atoms with Crippen molar-refractivity contribution in [3.05, 3.63) is 95.1 Å². The molecule has 0 saturated heterocycles. The number of carboxylic acids is 1. The van der Waals surface area contributed by atoms with Crippen LogP contribution in [0, 0.1) is 0 Å². The van der Waals surface area contributed by atoms with E-state index in [-0.39, 0.29) is 17.2 Å². The number of aromatic hydroxyl groups is 1. The summed E-state index contributed by atoms with van der Waals surface area (Å²) in [4.78, 5) is 23.7. The third kappa shape index (κ3) is 5.76. The second kappa shape index (κ2) is 10.6. The fourth-order valence-corrected chi connectivity index (χ4v) is 3.90. The van der Waals surface area contributed by atoms with Crippen LogP contribution in [0.25, 0.3) is 0 Å². The van der Waals surface area contributed by atoms with Crippen LogP contribution in [-0.4, -0.2) is 22.1 Å². The molecule has 0 radical (unpaired) electrons. The van der Waals surface area contributed by atoms with Crippen LogP contribution in [0.2, 0.25) is 0 Å². The Morgan fingerprint density at radius 2 is 1.59 bits per heavy atom. The summed E-state index contributed by atoms with van der Waals surface area (Å²) in [7, 11) is 0. The Labute approximate surface area is 188 Å². The molecule has 5 nitrogen and oxygen atoms in total. The van der Waals surface area contributed by atoms with Crippen molar-refractivity contribution in [2.45, 2.75) is 44.9 Å². The molecule has 32 heavy (non-hydrogen) atoms. The van der Waals surface area contributed by atoms with Gasteiger partial charge in [-0.25, -0.2) is 4.79 Å². The molecule has 2 atom stereocenters. The van der Waals surface area contributed by atoms with E-state index in [2.05, 4.69) is 43.4 Å². The molecule has 0 fully saturated rings. The Hall–Kier alpha value is -3.60. The third-order valence-electron chi connectivity index (χ3n) is 5.94. The van der Waals surface area contributed by atoms with E-state index in [1.54, 1.807) is 12.1 Å². The quantitative estimate of drug-likeness (QED) is 0.341.